The number of nitrogens with one attached hydrogen (secondary N) is 1. The van der Waals surface area contributed by atoms with Gasteiger partial charge in [-0.3, -0.25) is 0 Å². The molecule has 0 saturated heterocycles. The zero-order chi connectivity index (χ0) is 12.3. The number of halogens is 1. The average Bonchev–Trinajstić information content (AvgIpc) is 2.81. The van der Waals surface area contributed by atoms with Gasteiger partial charge in [0.2, 0.25) is 0 Å². The van der Waals surface area contributed by atoms with Crippen molar-refractivity contribution in [3.05, 3.63) is 58.5 Å². The topological polar surface area (TPSA) is 25.2 Å². The van der Waals surface area contributed by atoms with E-state index in [1.807, 2.05) is 24.3 Å². The Morgan fingerprint density at radius 3 is 2.82 bits per heavy atom. The zero-order valence-electron chi connectivity index (χ0n) is 10.0. The molecule has 0 amide bonds. The summed E-state index contributed by atoms with van der Waals surface area (Å²) in [4.78, 5) is 0. The van der Waals surface area contributed by atoms with E-state index in [4.69, 9.17) is 16.0 Å². The van der Waals surface area contributed by atoms with E-state index in [0.717, 1.165) is 17.3 Å². The predicted octanol–water partition coefficient (Wildman–Crippen LogP) is 4.09. The van der Waals surface area contributed by atoms with E-state index < -0.39 is 0 Å². The van der Waals surface area contributed by atoms with E-state index in [1.165, 1.54) is 11.1 Å². The number of hydrogen-bond donors (Lipinski definition) is 1. The Morgan fingerprint density at radius 2 is 2.18 bits per heavy atom. The van der Waals surface area contributed by atoms with Gasteiger partial charge in [-0.25, -0.2) is 0 Å². The summed E-state index contributed by atoms with van der Waals surface area (Å²) in [5, 5.41) is 4.21. The molecule has 1 aromatic heterocycles. The van der Waals surface area contributed by atoms with Crippen LogP contribution in [0.2, 0.25) is 5.02 Å². The number of furan rings is 1. The summed E-state index contributed by atoms with van der Waals surface area (Å²) in [5.74, 6) is 0.955. The highest BCUT2D eigenvalue weighted by molar-refractivity contribution is 6.30. The van der Waals surface area contributed by atoms with Gasteiger partial charge in [-0.05, 0) is 49.2 Å². The molecule has 0 aliphatic carbocycles. The van der Waals surface area contributed by atoms with Crippen LogP contribution in [-0.2, 0) is 6.54 Å². The number of rotatable bonds is 4. The molecule has 1 atom stereocenters. The molecule has 0 bridgehead atoms. The lowest BCUT2D eigenvalue weighted by molar-refractivity contribution is 0.430. The first-order chi connectivity index (χ1) is 8.16. The van der Waals surface area contributed by atoms with E-state index in [1.54, 1.807) is 6.26 Å². The minimum Gasteiger partial charge on any atom is -0.468 e. The molecule has 3 heteroatoms. The van der Waals surface area contributed by atoms with E-state index >= 15 is 0 Å². The van der Waals surface area contributed by atoms with Crippen LogP contribution in [0.25, 0.3) is 0 Å². The van der Waals surface area contributed by atoms with Crippen molar-refractivity contribution in [3.63, 3.8) is 0 Å². The molecule has 0 fully saturated rings. The molecule has 1 aromatic carbocycles. The van der Waals surface area contributed by atoms with Crippen LogP contribution in [0.15, 0.2) is 41.0 Å². The van der Waals surface area contributed by atoms with E-state index in [9.17, 15) is 0 Å². The molecule has 0 unspecified atom stereocenters. The Balaban J connectivity index is 1.98. The normalized spacial score (nSPS) is 12.6. The lowest BCUT2D eigenvalue weighted by Crippen LogP contribution is -2.18. The van der Waals surface area contributed by atoms with Gasteiger partial charge in [0, 0.05) is 11.6 Å². The van der Waals surface area contributed by atoms with E-state index in [2.05, 4.69) is 25.2 Å². The largest absolute Gasteiger partial charge is 0.468 e. The van der Waals surface area contributed by atoms with Gasteiger partial charge < -0.3 is 9.73 Å². The quantitative estimate of drug-likeness (QED) is 0.883. The van der Waals surface area contributed by atoms with Gasteiger partial charge in [0.1, 0.15) is 5.76 Å². The van der Waals surface area contributed by atoms with Crippen LogP contribution in [0.3, 0.4) is 0 Å². The monoisotopic (exact) mass is 249 g/mol. The van der Waals surface area contributed by atoms with Crippen LogP contribution >= 0.6 is 11.6 Å². The SMILES string of the molecule is Cc1cc(Cl)ccc1CN[C@@H](C)c1ccco1. The maximum absolute atomic E-state index is 5.93. The molecule has 0 aliphatic rings. The fourth-order valence-corrected chi connectivity index (χ4v) is 1.99. The van der Waals surface area contributed by atoms with Crippen molar-refractivity contribution in [2.45, 2.75) is 26.4 Å². The fourth-order valence-electron chi connectivity index (χ4n) is 1.76. The van der Waals surface area contributed by atoms with Gasteiger partial charge in [-0.2, -0.15) is 0 Å². The summed E-state index contributed by atoms with van der Waals surface area (Å²) in [6, 6.07) is 10.0. The van der Waals surface area contributed by atoms with Crippen molar-refractivity contribution in [1.82, 2.24) is 5.32 Å². The fraction of sp³-hybridized carbons (Fsp3) is 0.286. The summed E-state index contributed by atoms with van der Waals surface area (Å²) in [5.41, 5.74) is 2.46. The first-order valence-electron chi connectivity index (χ1n) is 5.68. The van der Waals surface area contributed by atoms with Crippen LogP contribution in [0.1, 0.15) is 29.9 Å². The number of aryl methyl sites for hydroxylation is 1. The van der Waals surface area contributed by atoms with E-state index in [-0.39, 0.29) is 6.04 Å². The van der Waals surface area contributed by atoms with Crippen LogP contribution < -0.4 is 5.32 Å². The van der Waals surface area contributed by atoms with Crippen molar-refractivity contribution in [2.24, 2.45) is 0 Å². The van der Waals surface area contributed by atoms with Crippen LogP contribution in [0.5, 0.6) is 0 Å². The summed E-state index contributed by atoms with van der Waals surface area (Å²) >= 11 is 5.93. The second-order valence-electron chi connectivity index (χ2n) is 4.19. The summed E-state index contributed by atoms with van der Waals surface area (Å²) in [6.07, 6.45) is 1.70. The molecule has 2 nitrogen and oxygen atoms in total. The Morgan fingerprint density at radius 1 is 1.35 bits per heavy atom. The second kappa shape index (κ2) is 5.39. The average molecular weight is 250 g/mol. The lowest BCUT2D eigenvalue weighted by Gasteiger charge is -2.13. The second-order valence-corrected chi connectivity index (χ2v) is 4.63. The molecule has 0 saturated carbocycles. The van der Waals surface area contributed by atoms with Crippen LogP contribution in [0.4, 0.5) is 0 Å². The van der Waals surface area contributed by atoms with Crippen molar-refractivity contribution in [3.8, 4) is 0 Å². The van der Waals surface area contributed by atoms with Gasteiger partial charge >= 0.3 is 0 Å². The van der Waals surface area contributed by atoms with Crippen molar-refractivity contribution < 1.29 is 4.42 Å². The molecule has 2 rings (SSSR count). The molecule has 0 radical (unpaired) electrons. The van der Waals surface area contributed by atoms with Crippen molar-refractivity contribution >= 4 is 11.6 Å². The Bertz CT molecular complexity index is 479. The maximum atomic E-state index is 5.93. The summed E-state index contributed by atoms with van der Waals surface area (Å²) in [6.45, 7) is 4.97. The maximum Gasteiger partial charge on any atom is 0.120 e. The Kier molecular flexibility index (Phi) is 3.87. The van der Waals surface area contributed by atoms with E-state index in [0.29, 0.717) is 0 Å². The highest BCUT2D eigenvalue weighted by Gasteiger charge is 2.08. The smallest absolute Gasteiger partial charge is 0.120 e. The Labute approximate surface area is 107 Å². The molecular weight excluding hydrogens is 234 g/mol. The van der Waals surface area contributed by atoms with Gasteiger partial charge in [0.15, 0.2) is 0 Å². The lowest BCUT2D eigenvalue weighted by atomic mass is 10.1. The number of hydrogen-bond acceptors (Lipinski definition) is 2. The van der Waals surface area contributed by atoms with Crippen molar-refractivity contribution in [1.29, 1.82) is 0 Å². The first kappa shape index (κ1) is 12.2. The molecule has 17 heavy (non-hydrogen) atoms. The molecule has 0 spiro atoms. The van der Waals surface area contributed by atoms with Crippen molar-refractivity contribution in [2.75, 3.05) is 0 Å². The third kappa shape index (κ3) is 3.11. The van der Waals surface area contributed by atoms with Gasteiger partial charge in [0.05, 0.1) is 12.3 Å². The molecule has 1 N–H and O–H groups in total. The minimum absolute atomic E-state index is 0.208. The molecule has 2 aromatic rings. The van der Waals surface area contributed by atoms with Gasteiger partial charge in [0.25, 0.3) is 0 Å². The minimum atomic E-state index is 0.208. The third-order valence-corrected chi connectivity index (χ3v) is 3.11. The Hall–Kier alpha value is -1.25. The predicted molar refractivity (Wildman–Crippen MR) is 70.2 cm³/mol. The third-order valence-electron chi connectivity index (χ3n) is 2.87. The summed E-state index contributed by atoms with van der Waals surface area (Å²) < 4.78 is 5.35. The van der Waals surface area contributed by atoms with Crippen LogP contribution in [0, 0.1) is 6.92 Å². The summed E-state index contributed by atoms with van der Waals surface area (Å²) in [7, 11) is 0. The van der Waals surface area contributed by atoms with Gasteiger partial charge in [-0.15, -0.1) is 0 Å². The molecular formula is C14H16ClNO. The highest BCUT2D eigenvalue weighted by atomic mass is 35.5. The number of benzene rings is 1. The van der Waals surface area contributed by atoms with Gasteiger partial charge in [-0.1, -0.05) is 17.7 Å². The molecule has 90 valence electrons. The van der Waals surface area contributed by atoms with Crippen LogP contribution in [-0.4, -0.2) is 0 Å². The first-order valence-corrected chi connectivity index (χ1v) is 6.06. The zero-order valence-corrected chi connectivity index (χ0v) is 10.8. The standard InChI is InChI=1S/C14H16ClNO/c1-10-8-13(15)6-5-12(10)9-16-11(2)14-4-3-7-17-14/h3-8,11,16H,9H2,1-2H3/t11-/m0/s1. The highest BCUT2D eigenvalue weighted by Crippen LogP contribution is 2.17. The molecule has 1 heterocycles. The molecule has 0 aliphatic heterocycles.